The minimum atomic E-state index is -0.121. The fourth-order valence-corrected chi connectivity index (χ4v) is 2.52. The van der Waals surface area contributed by atoms with Crippen LogP contribution in [-0.2, 0) is 4.74 Å². The van der Waals surface area contributed by atoms with Crippen molar-refractivity contribution < 1.29 is 4.74 Å². The van der Waals surface area contributed by atoms with Gasteiger partial charge in [-0.25, -0.2) is 0 Å². The first kappa shape index (κ1) is 11.6. The summed E-state index contributed by atoms with van der Waals surface area (Å²) in [4.78, 5) is 1.23. The smallest absolute Gasteiger partial charge is 0.113 e. The molecule has 2 N–H and O–H groups in total. The number of ether oxygens (including phenoxy) is 1. The average molecular weight is 235 g/mol. The molecule has 0 saturated heterocycles. The number of hydrogen-bond acceptors (Lipinski definition) is 3. The van der Waals surface area contributed by atoms with E-state index in [0.29, 0.717) is 0 Å². The summed E-state index contributed by atoms with van der Waals surface area (Å²) in [5.41, 5.74) is 7.40. The molecule has 1 aliphatic heterocycles. The maximum Gasteiger partial charge on any atom is 0.113 e. The van der Waals surface area contributed by atoms with E-state index in [-0.39, 0.29) is 6.04 Å². The SMILES string of the molecule is CSc1ccccc1C(N)C1=CCCCO1. The van der Waals surface area contributed by atoms with E-state index in [2.05, 4.69) is 24.5 Å². The van der Waals surface area contributed by atoms with Crippen LogP contribution in [0.3, 0.4) is 0 Å². The third kappa shape index (κ3) is 2.42. The maximum absolute atomic E-state index is 6.24. The summed E-state index contributed by atoms with van der Waals surface area (Å²) < 4.78 is 5.62. The quantitative estimate of drug-likeness (QED) is 0.818. The van der Waals surface area contributed by atoms with Crippen molar-refractivity contribution in [2.24, 2.45) is 5.73 Å². The molecule has 0 saturated carbocycles. The summed E-state index contributed by atoms with van der Waals surface area (Å²) >= 11 is 1.72. The lowest BCUT2D eigenvalue weighted by Crippen LogP contribution is -2.18. The van der Waals surface area contributed by atoms with Gasteiger partial charge in [-0.05, 0) is 36.8 Å². The molecule has 1 heterocycles. The molecule has 0 bridgehead atoms. The molecule has 0 aliphatic carbocycles. The Morgan fingerprint density at radius 2 is 2.19 bits per heavy atom. The second-order valence-corrected chi connectivity index (χ2v) is 4.66. The van der Waals surface area contributed by atoms with Crippen molar-refractivity contribution in [3.63, 3.8) is 0 Å². The van der Waals surface area contributed by atoms with Crippen LogP contribution < -0.4 is 5.73 Å². The highest BCUT2D eigenvalue weighted by atomic mass is 32.2. The molecule has 3 heteroatoms. The van der Waals surface area contributed by atoms with E-state index in [1.807, 2.05) is 12.1 Å². The summed E-state index contributed by atoms with van der Waals surface area (Å²) in [6.07, 6.45) is 6.36. The van der Waals surface area contributed by atoms with Crippen LogP contribution in [0, 0.1) is 0 Å². The minimum Gasteiger partial charge on any atom is -0.496 e. The molecule has 1 atom stereocenters. The molecule has 1 unspecified atom stereocenters. The van der Waals surface area contributed by atoms with Gasteiger partial charge in [-0.3, -0.25) is 0 Å². The van der Waals surface area contributed by atoms with Crippen molar-refractivity contribution in [2.75, 3.05) is 12.9 Å². The number of hydrogen-bond donors (Lipinski definition) is 1. The first-order valence-electron chi connectivity index (χ1n) is 5.54. The van der Waals surface area contributed by atoms with Gasteiger partial charge >= 0.3 is 0 Å². The van der Waals surface area contributed by atoms with Crippen molar-refractivity contribution >= 4 is 11.8 Å². The molecule has 16 heavy (non-hydrogen) atoms. The molecule has 0 aromatic heterocycles. The standard InChI is InChI=1S/C13H17NOS/c1-16-12-8-3-2-6-10(12)13(14)11-7-4-5-9-15-11/h2-3,6-8,13H,4-5,9,14H2,1H3. The van der Waals surface area contributed by atoms with Gasteiger partial charge in [0.05, 0.1) is 12.6 Å². The van der Waals surface area contributed by atoms with Gasteiger partial charge in [0.2, 0.25) is 0 Å². The Balaban J connectivity index is 2.25. The lowest BCUT2D eigenvalue weighted by molar-refractivity contribution is 0.175. The second-order valence-electron chi connectivity index (χ2n) is 3.82. The Morgan fingerprint density at radius 3 is 2.88 bits per heavy atom. The van der Waals surface area contributed by atoms with Crippen molar-refractivity contribution in [3.05, 3.63) is 41.7 Å². The zero-order valence-electron chi connectivity index (χ0n) is 9.48. The van der Waals surface area contributed by atoms with Crippen LogP contribution in [0.4, 0.5) is 0 Å². The number of allylic oxidation sites excluding steroid dienone is 1. The van der Waals surface area contributed by atoms with Crippen molar-refractivity contribution in [2.45, 2.75) is 23.8 Å². The zero-order valence-corrected chi connectivity index (χ0v) is 10.3. The first-order chi connectivity index (χ1) is 7.83. The van der Waals surface area contributed by atoms with Crippen LogP contribution >= 0.6 is 11.8 Å². The van der Waals surface area contributed by atoms with E-state index in [4.69, 9.17) is 10.5 Å². The van der Waals surface area contributed by atoms with Crippen molar-refractivity contribution in [1.82, 2.24) is 0 Å². The minimum absolute atomic E-state index is 0.121. The summed E-state index contributed by atoms with van der Waals surface area (Å²) in [6.45, 7) is 0.793. The summed E-state index contributed by atoms with van der Waals surface area (Å²) in [7, 11) is 0. The fraction of sp³-hybridized carbons (Fsp3) is 0.385. The van der Waals surface area contributed by atoms with E-state index in [9.17, 15) is 0 Å². The predicted molar refractivity (Wildman–Crippen MR) is 68.4 cm³/mol. The van der Waals surface area contributed by atoms with Gasteiger partial charge in [0, 0.05) is 4.90 Å². The molecular weight excluding hydrogens is 218 g/mol. The molecular formula is C13H17NOS. The first-order valence-corrected chi connectivity index (χ1v) is 6.76. The predicted octanol–water partition coefficient (Wildman–Crippen LogP) is 3.10. The lowest BCUT2D eigenvalue weighted by atomic mass is 10.0. The topological polar surface area (TPSA) is 35.2 Å². The summed E-state index contributed by atoms with van der Waals surface area (Å²) in [6, 6.07) is 8.12. The maximum atomic E-state index is 6.24. The zero-order chi connectivity index (χ0) is 11.4. The highest BCUT2D eigenvalue weighted by Gasteiger charge is 2.17. The highest BCUT2D eigenvalue weighted by molar-refractivity contribution is 7.98. The van der Waals surface area contributed by atoms with E-state index in [0.717, 1.165) is 30.8 Å². The highest BCUT2D eigenvalue weighted by Crippen LogP contribution is 2.30. The molecule has 0 radical (unpaired) electrons. The molecule has 0 amide bonds. The van der Waals surface area contributed by atoms with Crippen LogP contribution in [0.25, 0.3) is 0 Å². The third-order valence-electron chi connectivity index (χ3n) is 2.74. The van der Waals surface area contributed by atoms with Crippen molar-refractivity contribution in [1.29, 1.82) is 0 Å². The Labute approximate surface area is 101 Å². The Morgan fingerprint density at radius 1 is 1.38 bits per heavy atom. The molecule has 86 valence electrons. The molecule has 1 aromatic carbocycles. The average Bonchev–Trinajstić information content (AvgIpc) is 2.39. The normalized spacial score (nSPS) is 17.5. The molecule has 1 aliphatic rings. The van der Waals surface area contributed by atoms with E-state index in [1.165, 1.54) is 4.90 Å². The van der Waals surface area contributed by atoms with Gasteiger partial charge in [-0.15, -0.1) is 11.8 Å². The number of benzene rings is 1. The third-order valence-corrected chi connectivity index (χ3v) is 3.55. The number of nitrogens with two attached hydrogens (primary N) is 1. The monoisotopic (exact) mass is 235 g/mol. The number of thioether (sulfide) groups is 1. The number of rotatable bonds is 3. The fourth-order valence-electron chi connectivity index (χ4n) is 1.87. The largest absolute Gasteiger partial charge is 0.496 e. The van der Waals surface area contributed by atoms with Gasteiger partial charge < -0.3 is 10.5 Å². The van der Waals surface area contributed by atoms with Crippen LogP contribution in [0.15, 0.2) is 41.0 Å². The van der Waals surface area contributed by atoms with E-state index >= 15 is 0 Å². The molecule has 0 fully saturated rings. The van der Waals surface area contributed by atoms with Gasteiger partial charge in [0.25, 0.3) is 0 Å². The summed E-state index contributed by atoms with van der Waals surface area (Å²) in [5.74, 6) is 0.924. The molecule has 1 aromatic rings. The van der Waals surface area contributed by atoms with Crippen LogP contribution in [0.1, 0.15) is 24.4 Å². The Hall–Kier alpha value is -0.930. The van der Waals surface area contributed by atoms with E-state index in [1.54, 1.807) is 11.8 Å². The Bertz CT molecular complexity index is 389. The Kier molecular flexibility index (Phi) is 3.91. The van der Waals surface area contributed by atoms with Gasteiger partial charge in [0.1, 0.15) is 5.76 Å². The van der Waals surface area contributed by atoms with Gasteiger partial charge in [0.15, 0.2) is 0 Å². The second kappa shape index (κ2) is 5.41. The van der Waals surface area contributed by atoms with E-state index < -0.39 is 0 Å². The van der Waals surface area contributed by atoms with Crippen LogP contribution in [-0.4, -0.2) is 12.9 Å². The van der Waals surface area contributed by atoms with Gasteiger partial charge in [-0.1, -0.05) is 18.2 Å². The molecule has 0 spiro atoms. The lowest BCUT2D eigenvalue weighted by Gasteiger charge is -2.22. The molecule has 2 nitrogen and oxygen atoms in total. The van der Waals surface area contributed by atoms with Gasteiger partial charge in [-0.2, -0.15) is 0 Å². The summed E-state index contributed by atoms with van der Waals surface area (Å²) in [5, 5.41) is 0. The van der Waals surface area contributed by atoms with Crippen LogP contribution in [0.5, 0.6) is 0 Å². The molecule has 2 rings (SSSR count). The van der Waals surface area contributed by atoms with Crippen LogP contribution in [0.2, 0.25) is 0 Å². The van der Waals surface area contributed by atoms with Crippen molar-refractivity contribution in [3.8, 4) is 0 Å².